The number of pyridine rings is 1. The number of rotatable bonds is 3. The molecule has 0 saturated carbocycles. The lowest BCUT2D eigenvalue weighted by atomic mass is 9.98. The lowest BCUT2D eigenvalue weighted by molar-refractivity contribution is 0.364. The molecular weight excluding hydrogens is 405 g/mol. The number of aryl methyl sites for hydroxylation is 1. The van der Waals surface area contributed by atoms with Gasteiger partial charge < -0.3 is 0 Å². The number of halogens is 5. The zero-order valence-corrected chi connectivity index (χ0v) is 16.1. The molecule has 0 N–H and O–H groups in total. The van der Waals surface area contributed by atoms with Crippen LogP contribution in [-0.4, -0.2) is 4.98 Å². The van der Waals surface area contributed by atoms with E-state index in [0.29, 0.717) is 29.0 Å². The van der Waals surface area contributed by atoms with Gasteiger partial charge in [0.15, 0.2) is 0 Å². The molecule has 0 aliphatic rings. The summed E-state index contributed by atoms with van der Waals surface area (Å²) in [6.07, 6.45) is 0. The first-order valence-electron chi connectivity index (χ1n) is 8.72. The maximum Gasteiger partial charge on any atom is 0.310 e. The third-order valence-corrected chi connectivity index (χ3v) is 5.77. The first-order chi connectivity index (χ1) is 13.4. The van der Waals surface area contributed by atoms with E-state index in [1.54, 1.807) is 36.4 Å². The molecule has 0 atom stereocenters. The minimum atomic E-state index is -9.81. The van der Waals surface area contributed by atoms with Crippen molar-refractivity contribution < 1.29 is 19.4 Å². The molecule has 0 bridgehead atoms. The van der Waals surface area contributed by atoms with Crippen LogP contribution < -0.4 is 0 Å². The van der Waals surface area contributed by atoms with E-state index in [4.69, 9.17) is 0 Å². The van der Waals surface area contributed by atoms with Crippen molar-refractivity contribution in [3.05, 3.63) is 84.4 Å². The first-order valence-corrected chi connectivity index (χ1v) is 10.7. The third-order valence-electron chi connectivity index (χ3n) is 4.62. The second-order valence-corrected chi connectivity index (χ2v) is 9.35. The van der Waals surface area contributed by atoms with Crippen molar-refractivity contribution in [2.45, 2.75) is 11.8 Å². The van der Waals surface area contributed by atoms with Gasteiger partial charge in [0.25, 0.3) is 0 Å². The van der Waals surface area contributed by atoms with Gasteiger partial charge in [-0.05, 0) is 48.4 Å². The molecule has 150 valence electrons. The fraction of sp³-hybridized carbons (Fsp3) is 0.0455. The van der Waals surface area contributed by atoms with Gasteiger partial charge in [-0.25, -0.2) is 4.98 Å². The Hall–Kier alpha value is -2.93. The second kappa shape index (κ2) is 5.79. The Kier molecular flexibility index (Phi) is 3.87. The van der Waals surface area contributed by atoms with Crippen molar-refractivity contribution >= 4 is 21.1 Å². The first kappa shape index (κ1) is 19.4. The Morgan fingerprint density at radius 3 is 2.03 bits per heavy atom. The highest BCUT2D eigenvalue weighted by molar-refractivity contribution is 8.45. The van der Waals surface area contributed by atoms with Crippen molar-refractivity contribution in [1.29, 1.82) is 0 Å². The van der Waals surface area contributed by atoms with Crippen LogP contribution in [0.2, 0.25) is 0 Å². The molecule has 0 unspecified atom stereocenters. The van der Waals surface area contributed by atoms with Crippen LogP contribution in [0, 0.1) is 6.92 Å². The summed E-state index contributed by atoms with van der Waals surface area (Å²) in [5.41, 5.74) is 3.60. The van der Waals surface area contributed by atoms with E-state index in [9.17, 15) is 19.4 Å². The van der Waals surface area contributed by atoms with Crippen molar-refractivity contribution in [1.82, 2.24) is 4.98 Å². The Balaban J connectivity index is 2.05. The molecule has 1 heterocycles. The molecule has 1 aromatic heterocycles. The summed E-state index contributed by atoms with van der Waals surface area (Å²) in [5, 5.41) is 0.0263. The standard InChI is InChI=1S/C22H16F5NS/c1-15-6-5-9-17(12-15)22-14-19(16-7-3-2-4-8-16)20-13-18(10-11-21(20)28-22)29(23,24,25,26)27/h2-14H,1H3. The van der Waals surface area contributed by atoms with Crippen LogP contribution in [0.25, 0.3) is 33.3 Å². The maximum atomic E-state index is 13.4. The van der Waals surface area contributed by atoms with E-state index in [-0.39, 0.29) is 10.9 Å². The number of aromatic nitrogens is 1. The topological polar surface area (TPSA) is 12.9 Å². The van der Waals surface area contributed by atoms with E-state index in [1.807, 2.05) is 31.2 Å². The van der Waals surface area contributed by atoms with Gasteiger partial charge in [0, 0.05) is 10.9 Å². The van der Waals surface area contributed by atoms with E-state index >= 15 is 0 Å². The Morgan fingerprint density at radius 2 is 1.38 bits per heavy atom. The summed E-state index contributed by atoms with van der Waals surface area (Å²) < 4.78 is 66.9. The number of benzene rings is 3. The van der Waals surface area contributed by atoms with Gasteiger partial charge in [-0.2, -0.15) is 0 Å². The average Bonchev–Trinajstić information content (AvgIpc) is 2.65. The molecule has 0 saturated heterocycles. The van der Waals surface area contributed by atoms with Crippen LogP contribution in [0.15, 0.2) is 83.8 Å². The smallest absolute Gasteiger partial charge is 0.248 e. The fourth-order valence-electron chi connectivity index (χ4n) is 3.25. The van der Waals surface area contributed by atoms with Crippen LogP contribution in [0.4, 0.5) is 19.4 Å². The predicted molar refractivity (Wildman–Crippen MR) is 109 cm³/mol. The lowest BCUT2D eigenvalue weighted by Crippen LogP contribution is -2.06. The SMILES string of the molecule is Cc1cccc(-c2cc(-c3ccccc3)c3cc(S(F)(F)(F)(F)F)ccc3n2)c1. The largest absolute Gasteiger partial charge is 0.310 e. The molecule has 0 aliphatic heterocycles. The number of hydrogen-bond donors (Lipinski definition) is 0. The van der Waals surface area contributed by atoms with E-state index < -0.39 is 15.1 Å². The summed E-state index contributed by atoms with van der Waals surface area (Å²) in [6.45, 7) is 1.92. The van der Waals surface area contributed by atoms with E-state index in [0.717, 1.165) is 17.2 Å². The fourth-order valence-corrected chi connectivity index (χ4v) is 3.92. The molecule has 4 aromatic rings. The molecule has 1 nitrogen and oxygen atoms in total. The van der Waals surface area contributed by atoms with Crippen LogP contribution >= 0.6 is 10.2 Å². The van der Waals surface area contributed by atoms with Crippen LogP contribution in [0.5, 0.6) is 0 Å². The van der Waals surface area contributed by atoms with Gasteiger partial charge in [-0.3, -0.25) is 0 Å². The van der Waals surface area contributed by atoms with E-state index in [2.05, 4.69) is 4.98 Å². The van der Waals surface area contributed by atoms with Gasteiger partial charge in [0.1, 0.15) is 4.90 Å². The summed E-state index contributed by atoms with van der Waals surface area (Å²) in [6, 6.07) is 19.8. The summed E-state index contributed by atoms with van der Waals surface area (Å²) in [7, 11) is -9.81. The normalized spacial score (nSPS) is 14.4. The Morgan fingerprint density at radius 1 is 0.690 bits per heavy atom. The molecule has 0 spiro atoms. The van der Waals surface area contributed by atoms with Crippen LogP contribution in [0.1, 0.15) is 5.56 Å². The van der Waals surface area contributed by atoms with Crippen molar-refractivity contribution in [3.8, 4) is 22.4 Å². The molecule has 7 heteroatoms. The highest BCUT2D eigenvalue weighted by Crippen LogP contribution is 3.02. The maximum absolute atomic E-state index is 13.4. The molecular formula is C22H16F5NS. The number of hydrogen-bond acceptors (Lipinski definition) is 1. The minimum Gasteiger partial charge on any atom is -0.248 e. The minimum absolute atomic E-state index is 0.0263. The average molecular weight is 421 g/mol. The Bertz CT molecular complexity index is 1240. The third kappa shape index (κ3) is 3.96. The van der Waals surface area contributed by atoms with Crippen molar-refractivity contribution in [3.63, 3.8) is 0 Å². The van der Waals surface area contributed by atoms with Gasteiger partial charge in [0.2, 0.25) is 0 Å². The quantitative estimate of drug-likeness (QED) is 0.302. The number of fused-ring (bicyclic) bond motifs is 1. The monoisotopic (exact) mass is 421 g/mol. The zero-order valence-electron chi connectivity index (χ0n) is 15.3. The summed E-state index contributed by atoms with van der Waals surface area (Å²) in [4.78, 5) is 2.53. The van der Waals surface area contributed by atoms with Crippen molar-refractivity contribution in [2.75, 3.05) is 0 Å². The molecule has 0 radical (unpaired) electrons. The molecule has 4 rings (SSSR count). The van der Waals surface area contributed by atoms with Gasteiger partial charge in [-0.15, -0.1) is 0 Å². The zero-order chi connectivity index (χ0) is 20.9. The molecule has 3 aromatic carbocycles. The highest BCUT2D eigenvalue weighted by atomic mass is 32.5. The second-order valence-electron chi connectivity index (χ2n) is 6.94. The van der Waals surface area contributed by atoms with E-state index in [1.165, 1.54) is 0 Å². The Labute approximate surface area is 164 Å². The molecule has 0 fully saturated rings. The molecule has 29 heavy (non-hydrogen) atoms. The number of nitrogens with zero attached hydrogens (tertiary/aromatic N) is 1. The lowest BCUT2D eigenvalue weighted by Gasteiger charge is -2.40. The summed E-state index contributed by atoms with van der Waals surface area (Å²) in [5.74, 6) is 0. The van der Waals surface area contributed by atoms with Gasteiger partial charge in [-0.1, -0.05) is 73.5 Å². The van der Waals surface area contributed by atoms with Gasteiger partial charge in [0.05, 0.1) is 11.2 Å². The predicted octanol–water partition coefficient (Wildman–Crippen LogP) is 8.53. The summed E-state index contributed by atoms with van der Waals surface area (Å²) >= 11 is 0. The van der Waals surface area contributed by atoms with Crippen LogP contribution in [0.3, 0.4) is 0 Å². The molecule has 0 aliphatic carbocycles. The van der Waals surface area contributed by atoms with Crippen LogP contribution in [-0.2, 0) is 0 Å². The molecule has 0 amide bonds. The van der Waals surface area contributed by atoms with Crippen molar-refractivity contribution in [2.24, 2.45) is 0 Å². The highest BCUT2D eigenvalue weighted by Gasteiger charge is 2.65. The van der Waals surface area contributed by atoms with Gasteiger partial charge >= 0.3 is 10.2 Å².